The molecule has 8 heteroatoms. The fourth-order valence-electron chi connectivity index (χ4n) is 3.59. The van der Waals surface area contributed by atoms with Crippen molar-refractivity contribution >= 4 is 21.6 Å². The van der Waals surface area contributed by atoms with Crippen molar-refractivity contribution in [1.29, 1.82) is 0 Å². The third-order valence-corrected chi connectivity index (χ3v) is 6.69. The first-order valence-electron chi connectivity index (χ1n) is 9.22. The lowest BCUT2D eigenvalue weighted by Gasteiger charge is -2.36. The Morgan fingerprint density at radius 3 is 2.37 bits per heavy atom. The maximum Gasteiger partial charge on any atom is 0.246 e. The van der Waals surface area contributed by atoms with Gasteiger partial charge in [0.05, 0.1) is 7.11 Å². The molecular formula is C19H31N3O4S. The second-order valence-electron chi connectivity index (χ2n) is 7.71. The average Bonchev–Trinajstić information content (AvgIpc) is 2.59. The Balaban J connectivity index is 2.20. The number of sulfonamides is 1. The van der Waals surface area contributed by atoms with Crippen LogP contribution in [-0.2, 0) is 14.8 Å². The molecule has 1 N–H and O–H groups in total. The maximum absolute atomic E-state index is 12.8. The van der Waals surface area contributed by atoms with Gasteiger partial charge in [0.1, 0.15) is 16.7 Å². The van der Waals surface area contributed by atoms with Crippen LogP contribution in [0.5, 0.6) is 5.75 Å². The van der Waals surface area contributed by atoms with Crippen LogP contribution in [0.4, 0.5) is 5.69 Å². The fourth-order valence-corrected chi connectivity index (χ4v) is 4.67. The number of nitrogens with zero attached hydrogens (tertiary/aromatic N) is 2. The van der Waals surface area contributed by atoms with Crippen molar-refractivity contribution in [3.63, 3.8) is 0 Å². The van der Waals surface area contributed by atoms with E-state index in [0.29, 0.717) is 17.5 Å². The second kappa shape index (κ2) is 8.48. The van der Waals surface area contributed by atoms with Gasteiger partial charge in [-0.2, -0.15) is 0 Å². The summed E-state index contributed by atoms with van der Waals surface area (Å²) < 4.78 is 31.4. The minimum absolute atomic E-state index is 0.0289. The lowest BCUT2D eigenvalue weighted by molar-refractivity contribution is -0.134. The summed E-state index contributed by atoms with van der Waals surface area (Å²) in [6.07, 6.45) is 1.13. The minimum Gasteiger partial charge on any atom is -0.495 e. The minimum atomic E-state index is -3.66. The first-order chi connectivity index (χ1) is 12.6. The molecule has 7 nitrogen and oxygen atoms in total. The average molecular weight is 398 g/mol. The molecule has 3 atom stereocenters. The highest BCUT2D eigenvalue weighted by Crippen LogP contribution is 2.29. The number of hydrogen-bond donors (Lipinski definition) is 1. The van der Waals surface area contributed by atoms with Crippen molar-refractivity contribution in [3.05, 3.63) is 18.2 Å². The van der Waals surface area contributed by atoms with E-state index < -0.39 is 16.1 Å². The van der Waals surface area contributed by atoms with Crippen LogP contribution in [0, 0.1) is 11.8 Å². The van der Waals surface area contributed by atoms with E-state index in [9.17, 15) is 13.2 Å². The summed E-state index contributed by atoms with van der Waals surface area (Å²) in [6, 6.07) is 4.38. The Hall–Kier alpha value is -1.80. The summed E-state index contributed by atoms with van der Waals surface area (Å²) in [5, 5.41) is 3.14. The number of methoxy groups -OCH3 is 1. The molecule has 0 bridgehead atoms. The number of rotatable bonds is 6. The molecule has 27 heavy (non-hydrogen) atoms. The molecule has 0 aliphatic carbocycles. The van der Waals surface area contributed by atoms with Crippen LogP contribution >= 0.6 is 0 Å². The number of carbonyl (C=O) groups is 1. The van der Waals surface area contributed by atoms with E-state index in [1.54, 1.807) is 19.1 Å². The van der Waals surface area contributed by atoms with Crippen LogP contribution in [-0.4, -0.2) is 63.9 Å². The Morgan fingerprint density at radius 1 is 1.26 bits per heavy atom. The molecule has 0 saturated carbocycles. The van der Waals surface area contributed by atoms with Crippen LogP contribution in [0.2, 0.25) is 0 Å². The molecule has 0 aromatic heterocycles. The van der Waals surface area contributed by atoms with E-state index in [-0.39, 0.29) is 16.6 Å². The first-order valence-corrected chi connectivity index (χ1v) is 10.7. The molecule has 1 aromatic rings. The van der Waals surface area contributed by atoms with Gasteiger partial charge in [-0.1, -0.05) is 13.8 Å². The van der Waals surface area contributed by atoms with Crippen molar-refractivity contribution in [2.75, 3.05) is 39.6 Å². The van der Waals surface area contributed by atoms with E-state index in [1.165, 1.54) is 27.3 Å². The summed E-state index contributed by atoms with van der Waals surface area (Å²) in [7, 11) is 0.716. The highest BCUT2D eigenvalue weighted by Gasteiger charge is 2.29. The van der Waals surface area contributed by atoms with Crippen molar-refractivity contribution in [2.24, 2.45) is 11.8 Å². The summed E-state index contributed by atoms with van der Waals surface area (Å²) >= 11 is 0. The Bertz CT molecular complexity index is 769. The summed E-state index contributed by atoms with van der Waals surface area (Å²) in [6.45, 7) is 7.65. The fraction of sp³-hybridized carbons (Fsp3) is 0.632. The molecule has 0 radical (unpaired) electrons. The largest absolute Gasteiger partial charge is 0.495 e. The predicted molar refractivity (Wildman–Crippen MR) is 106 cm³/mol. The number of anilines is 1. The van der Waals surface area contributed by atoms with Gasteiger partial charge in [0.15, 0.2) is 0 Å². The van der Waals surface area contributed by atoms with Crippen LogP contribution < -0.4 is 10.1 Å². The topological polar surface area (TPSA) is 79.0 Å². The van der Waals surface area contributed by atoms with Crippen molar-refractivity contribution in [3.8, 4) is 5.75 Å². The van der Waals surface area contributed by atoms with Gasteiger partial charge < -0.3 is 15.0 Å². The molecule has 0 spiro atoms. The summed E-state index contributed by atoms with van der Waals surface area (Å²) in [4.78, 5) is 14.8. The Morgan fingerprint density at radius 2 is 1.85 bits per heavy atom. The molecule has 3 unspecified atom stereocenters. The molecule has 152 valence electrons. The van der Waals surface area contributed by atoms with Gasteiger partial charge in [0.25, 0.3) is 0 Å². The molecule has 1 aromatic carbocycles. The number of hydrogen-bond acceptors (Lipinski definition) is 5. The van der Waals surface area contributed by atoms with E-state index in [1.807, 2.05) is 4.90 Å². The number of ether oxygens (including phenoxy) is 1. The van der Waals surface area contributed by atoms with Gasteiger partial charge in [-0.15, -0.1) is 0 Å². The van der Waals surface area contributed by atoms with Gasteiger partial charge >= 0.3 is 0 Å². The van der Waals surface area contributed by atoms with E-state index in [0.717, 1.165) is 23.8 Å². The van der Waals surface area contributed by atoms with E-state index in [2.05, 4.69) is 19.2 Å². The standard InChI is InChI=1S/C19H31N3O4S/c1-13-9-14(2)12-22(11-13)19(23)15(3)20-16-7-8-17(26-6)18(10-16)27(24,25)21(4)5/h7-8,10,13-15,20H,9,11-12H2,1-6H3. The number of carbonyl (C=O) groups excluding carboxylic acids is 1. The number of benzene rings is 1. The predicted octanol–water partition coefficient (Wildman–Crippen LogP) is 2.25. The zero-order valence-corrected chi connectivity index (χ0v) is 17.8. The Labute approximate surface area is 162 Å². The lowest BCUT2D eigenvalue weighted by Crippen LogP contribution is -2.48. The molecule has 1 aliphatic heterocycles. The Kier molecular flexibility index (Phi) is 6.75. The normalized spacial score (nSPS) is 21.8. The third kappa shape index (κ3) is 4.93. The van der Waals surface area contributed by atoms with Crippen molar-refractivity contribution in [1.82, 2.24) is 9.21 Å². The maximum atomic E-state index is 12.8. The number of nitrogens with one attached hydrogen (secondary N) is 1. The molecule has 1 saturated heterocycles. The first kappa shape index (κ1) is 21.5. The highest BCUT2D eigenvalue weighted by atomic mass is 32.2. The molecular weight excluding hydrogens is 366 g/mol. The van der Waals surface area contributed by atoms with Crippen LogP contribution in [0.1, 0.15) is 27.2 Å². The zero-order valence-electron chi connectivity index (χ0n) is 17.0. The third-order valence-electron chi connectivity index (χ3n) is 4.86. The van der Waals surface area contributed by atoms with E-state index in [4.69, 9.17) is 4.74 Å². The number of piperidine rings is 1. The molecule has 1 amide bonds. The van der Waals surface area contributed by atoms with Gasteiger partial charge in [0.2, 0.25) is 15.9 Å². The monoisotopic (exact) mass is 397 g/mol. The van der Waals surface area contributed by atoms with Crippen LogP contribution in [0.3, 0.4) is 0 Å². The smallest absolute Gasteiger partial charge is 0.246 e. The highest BCUT2D eigenvalue weighted by molar-refractivity contribution is 7.89. The van der Waals surface area contributed by atoms with Crippen LogP contribution in [0.15, 0.2) is 23.1 Å². The van der Waals surface area contributed by atoms with Crippen molar-refractivity contribution in [2.45, 2.75) is 38.1 Å². The quantitative estimate of drug-likeness (QED) is 0.796. The summed E-state index contributed by atoms with van der Waals surface area (Å²) in [5.41, 5.74) is 0.565. The van der Waals surface area contributed by atoms with Crippen molar-refractivity contribution < 1.29 is 17.9 Å². The lowest BCUT2D eigenvalue weighted by atomic mass is 9.91. The number of amides is 1. The van der Waals surface area contributed by atoms with Gasteiger partial charge in [-0.3, -0.25) is 4.79 Å². The SMILES string of the molecule is COc1ccc(NC(C)C(=O)N2CC(C)CC(C)C2)cc1S(=O)(=O)N(C)C. The second-order valence-corrected chi connectivity index (χ2v) is 9.83. The van der Waals surface area contributed by atoms with Gasteiger partial charge in [0, 0.05) is 32.9 Å². The van der Waals surface area contributed by atoms with Crippen LogP contribution in [0.25, 0.3) is 0 Å². The molecule has 1 heterocycles. The molecule has 1 fully saturated rings. The molecule has 2 rings (SSSR count). The molecule has 1 aliphatic rings. The summed E-state index contributed by atoms with van der Waals surface area (Å²) in [5.74, 6) is 1.28. The number of likely N-dealkylation sites (tertiary alicyclic amines) is 1. The van der Waals surface area contributed by atoms with Gasteiger partial charge in [-0.25, -0.2) is 12.7 Å². The zero-order chi connectivity index (χ0) is 20.4. The van der Waals surface area contributed by atoms with E-state index >= 15 is 0 Å². The van der Waals surface area contributed by atoms with Gasteiger partial charge in [-0.05, 0) is 43.4 Å².